The molecule has 5 rings (SSSR count). The van der Waals surface area contributed by atoms with Crippen molar-refractivity contribution in [3.8, 4) is 22.8 Å². The van der Waals surface area contributed by atoms with E-state index in [1.54, 1.807) is 14.2 Å². The second kappa shape index (κ2) is 9.40. The van der Waals surface area contributed by atoms with E-state index in [1.165, 1.54) is 5.69 Å². The van der Waals surface area contributed by atoms with Crippen LogP contribution in [0.1, 0.15) is 38.3 Å². The molecule has 1 aromatic heterocycles. The van der Waals surface area contributed by atoms with Gasteiger partial charge in [0, 0.05) is 42.9 Å². The number of aromatic nitrogens is 2. The molecule has 8 heteroatoms. The number of methoxy groups -OCH3 is 2. The van der Waals surface area contributed by atoms with Crippen LogP contribution < -0.4 is 14.8 Å². The van der Waals surface area contributed by atoms with Crippen molar-refractivity contribution in [1.82, 2.24) is 20.0 Å². The van der Waals surface area contributed by atoms with Gasteiger partial charge < -0.3 is 19.5 Å². The molecule has 8 nitrogen and oxygen atoms in total. The van der Waals surface area contributed by atoms with Crippen molar-refractivity contribution in [1.29, 1.82) is 0 Å². The van der Waals surface area contributed by atoms with Crippen molar-refractivity contribution in [3.63, 3.8) is 0 Å². The Morgan fingerprint density at radius 1 is 1.22 bits per heavy atom. The summed E-state index contributed by atoms with van der Waals surface area (Å²) >= 11 is 0. The molecule has 3 fully saturated rings. The normalized spacial score (nSPS) is 24.4. The van der Waals surface area contributed by atoms with Crippen molar-refractivity contribution in [2.45, 2.75) is 44.7 Å². The third-order valence-corrected chi connectivity index (χ3v) is 6.67. The number of piperidine rings is 3. The number of hydrogen-bond acceptors (Lipinski definition) is 6. The Hall–Kier alpha value is -2.74. The zero-order valence-corrected chi connectivity index (χ0v) is 19.6. The molecule has 0 spiro atoms. The molecule has 0 saturated carbocycles. The Kier molecular flexibility index (Phi) is 6.60. The summed E-state index contributed by atoms with van der Waals surface area (Å²) in [6, 6.07) is 8.48. The Balaban J connectivity index is 1.46. The Morgan fingerprint density at radius 2 is 2.00 bits per heavy atom. The molecular weight excluding hydrogens is 408 g/mol. The highest BCUT2D eigenvalue weighted by molar-refractivity contribution is 5.67. The maximum Gasteiger partial charge on any atom is 0.407 e. The van der Waals surface area contributed by atoms with E-state index >= 15 is 0 Å². The number of hydrogen-bond donors (Lipinski definition) is 1. The van der Waals surface area contributed by atoms with Gasteiger partial charge in [0.15, 0.2) is 11.5 Å². The number of benzene rings is 1. The quantitative estimate of drug-likeness (QED) is 0.708. The number of aryl methyl sites for hydroxylation is 1. The number of fused-ring (bicyclic) bond motifs is 3. The highest BCUT2D eigenvalue weighted by Crippen LogP contribution is 2.43. The van der Waals surface area contributed by atoms with Gasteiger partial charge in [0.1, 0.15) is 6.61 Å². The van der Waals surface area contributed by atoms with Gasteiger partial charge in [-0.2, -0.15) is 5.10 Å². The first-order valence-corrected chi connectivity index (χ1v) is 11.3. The second-order valence-corrected chi connectivity index (χ2v) is 9.09. The van der Waals surface area contributed by atoms with Gasteiger partial charge in [0.25, 0.3) is 0 Å². The van der Waals surface area contributed by atoms with E-state index in [9.17, 15) is 4.79 Å². The Morgan fingerprint density at radius 3 is 2.66 bits per heavy atom. The number of nitrogens with one attached hydrogen (secondary N) is 1. The van der Waals surface area contributed by atoms with E-state index < -0.39 is 0 Å². The summed E-state index contributed by atoms with van der Waals surface area (Å²) in [5.41, 5.74) is 3.19. The molecule has 4 atom stereocenters. The van der Waals surface area contributed by atoms with Crippen LogP contribution >= 0.6 is 0 Å². The molecule has 1 unspecified atom stereocenters. The fourth-order valence-electron chi connectivity index (χ4n) is 5.06. The van der Waals surface area contributed by atoms with Crippen molar-refractivity contribution in [3.05, 3.63) is 30.0 Å². The number of nitrogens with zero attached hydrogens (tertiary/aromatic N) is 3. The Labute approximate surface area is 189 Å². The largest absolute Gasteiger partial charge is 0.493 e. The summed E-state index contributed by atoms with van der Waals surface area (Å²) in [6.45, 7) is 6.34. The molecule has 32 heavy (non-hydrogen) atoms. The molecule has 174 valence electrons. The van der Waals surface area contributed by atoms with Crippen LogP contribution in [-0.4, -0.2) is 66.8 Å². The van der Waals surface area contributed by atoms with Crippen LogP contribution in [0.3, 0.4) is 0 Å². The first-order chi connectivity index (χ1) is 15.4. The standard InChI is InChI=1S/C24H34N4O4/c1-15(2)25-24(29)32-14-18-10-16-8-9-28(18)13-19(16)21-12-20(26-27(21)3)17-6-7-22(30-4)23(11-17)31-5/h6-7,11-12,15-16,18-19H,8-10,13-14H2,1-5H3,(H,25,29)/t16-,18-,19+/m1/s1. The predicted molar refractivity (Wildman–Crippen MR) is 122 cm³/mol. The van der Waals surface area contributed by atoms with Crippen molar-refractivity contribution >= 4 is 6.09 Å². The van der Waals surface area contributed by atoms with E-state index in [1.807, 2.05) is 43.8 Å². The van der Waals surface area contributed by atoms with Gasteiger partial charge in [-0.05, 0) is 63.4 Å². The molecule has 1 amide bonds. The number of carbonyl (C=O) groups is 1. The molecule has 3 aliphatic heterocycles. The van der Waals surface area contributed by atoms with Crippen molar-refractivity contribution in [2.75, 3.05) is 33.9 Å². The molecule has 0 radical (unpaired) electrons. The lowest BCUT2D eigenvalue weighted by molar-refractivity contribution is -0.00441. The van der Waals surface area contributed by atoms with Crippen LogP contribution in [-0.2, 0) is 11.8 Å². The van der Waals surface area contributed by atoms with Gasteiger partial charge in [-0.15, -0.1) is 0 Å². The van der Waals surface area contributed by atoms with E-state index in [2.05, 4.69) is 16.3 Å². The lowest BCUT2D eigenvalue weighted by atomic mass is 9.74. The maximum atomic E-state index is 11.9. The minimum absolute atomic E-state index is 0.0831. The molecular formula is C24H34N4O4. The van der Waals surface area contributed by atoms with Gasteiger partial charge in [0.05, 0.1) is 19.9 Å². The first kappa shape index (κ1) is 22.5. The third kappa shape index (κ3) is 4.55. The van der Waals surface area contributed by atoms with Gasteiger partial charge in [0.2, 0.25) is 0 Å². The van der Waals surface area contributed by atoms with E-state index in [0.717, 1.165) is 37.2 Å². The van der Waals surface area contributed by atoms with Crippen LogP contribution in [0, 0.1) is 5.92 Å². The van der Waals surface area contributed by atoms with Crippen molar-refractivity contribution < 1.29 is 19.0 Å². The van der Waals surface area contributed by atoms with Gasteiger partial charge >= 0.3 is 6.09 Å². The number of amides is 1. The maximum absolute atomic E-state index is 11.9. The van der Waals surface area contributed by atoms with Gasteiger partial charge in [-0.25, -0.2) is 4.79 Å². The predicted octanol–water partition coefficient (Wildman–Crippen LogP) is 3.42. The van der Waals surface area contributed by atoms with Crippen LogP contribution in [0.5, 0.6) is 11.5 Å². The van der Waals surface area contributed by atoms with Crippen LogP contribution in [0.2, 0.25) is 0 Å². The topological polar surface area (TPSA) is 77.9 Å². The fourth-order valence-corrected chi connectivity index (χ4v) is 5.06. The summed E-state index contributed by atoms with van der Waals surface area (Å²) in [5.74, 6) is 2.40. The van der Waals surface area contributed by atoms with E-state index in [4.69, 9.17) is 19.3 Å². The summed E-state index contributed by atoms with van der Waals surface area (Å²) < 4.78 is 18.3. The summed E-state index contributed by atoms with van der Waals surface area (Å²) in [4.78, 5) is 14.3. The number of carbonyl (C=O) groups excluding carboxylic acids is 1. The minimum atomic E-state index is -0.328. The molecule has 4 heterocycles. The molecule has 3 saturated heterocycles. The van der Waals surface area contributed by atoms with Gasteiger partial charge in [-0.1, -0.05) is 0 Å². The lowest BCUT2D eigenvalue weighted by Gasteiger charge is -2.49. The monoisotopic (exact) mass is 442 g/mol. The molecule has 3 aliphatic rings. The van der Waals surface area contributed by atoms with Gasteiger partial charge in [-0.3, -0.25) is 9.58 Å². The fraction of sp³-hybridized carbons (Fsp3) is 0.583. The first-order valence-electron chi connectivity index (χ1n) is 11.3. The number of rotatable bonds is 7. The van der Waals surface area contributed by atoms with Crippen LogP contribution in [0.4, 0.5) is 4.79 Å². The number of ether oxygens (including phenoxy) is 3. The third-order valence-electron chi connectivity index (χ3n) is 6.67. The Bertz CT molecular complexity index is 957. The zero-order valence-electron chi connectivity index (χ0n) is 19.6. The molecule has 0 aliphatic carbocycles. The number of alkyl carbamates (subject to hydrolysis) is 1. The van der Waals surface area contributed by atoms with Crippen LogP contribution in [0.25, 0.3) is 11.3 Å². The molecule has 1 N–H and O–H groups in total. The molecule has 1 aromatic carbocycles. The average Bonchev–Trinajstić information content (AvgIpc) is 3.18. The molecule has 2 bridgehead atoms. The lowest BCUT2D eigenvalue weighted by Crippen LogP contribution is -2.54. The smallest absolute Gasteiger partial charge is 0.407 e. The van der Waals surface area contributed by atoms with Crippen LogP contribution in [0.15, 0.2) is 24.3 Å². The second-order valence-electron chi connectivity index (χ2n) is 9.09. The highest BCUT2D eigenvalue weighted by Gasteiger charge is 2.42. The summed E-state index contributed by atoms with van der Waals surface area (Å²) in [5, 5.41) is 7.59. The average molecular weight is 443 g/mol. The van der Waals surface area contributed by atoms with Crippen molar-refractivity contribution in [2.24, 2.45) is 13.0 Å². The summed E-state index contributed by atoms with van der Waals surface area (Å²) in [7, 11) is 5.30. The minimum Gasteiger partial charge on any atom is -0.493 e. The SMILES string of the molecule is COc1ccc(-c2cc([C@H]3CN4CC[C@@H]3C[C@@H]4COC(=O)NC(C)C)n(C)n2)cc1OC. The van der Waals surface area contributed by atoms with E-state index in [-0.39, 0.29) is 12.1 Å². The molecule has 2 aromatic rings. The highest BCUT2D eigenvalue weighted by atomic mass is 16.5. The summed E-state index contributed by atoms with van der Waals surface area (Å²) in [6.07, 6.45) is 1.87. The van der Waals surface area contributed by atoms with E-state index in [0.29, 0.717) is 36.0 Å². The zero-order chi connectivity index (χ0) is 22.8.